The summed E-state index contributed by atoms with van der Waals surface area (Å²) in [7, 11) is 0. The van der Waals surface area contributed by atoms with Crippen LogP contribution in [0, 0.1) is 11.3 Å². The molecular weight excluding hydrogens is 330 g/mol. The topological polar surface area (TPSA) is 41.6 Å². The molecule has 5 rings (SSSR count). The van der Waals surface area contributed by atoms with Crippen LogP contribution in [0.3, 0.4) is 0 Å². The van der Waals surface area contributed by atoms with Crippen LogP contribution in [0.5, 0.6) is 0 Å². The van der Waals surface area contributed by atoms with Crippen LogP contribution >= 0.6 is 0 Å². The summed E-state index contributed by atoms with van der Waals surface area (Å²) < 4.78 is 2.30. The molecule has 0 bridgehead atoms. The maximum absolute atomic E-state index is 9.02. The van der Waals surface area contributed by atoms with Crippen LogP contribution in [-0.2, 0) is 0 Å². The highest BCUT2D eigenvalue weighted by atomic mass is 15.0. The van der Waals surface area contributed by atoms with Crippen LogP contribution in [0.25, 0.3) is 38.6 Å². The Morgan fingerprint density at radius 2 is 1.33 bits per heavy atom. The van der Waals surface area contributed by atoms with E-state index in [2.05, 4.69) is 82.4 Å². The number of rotatable bonds is 2. The van der Waals surface area contributed by atoms with Crippen LogP contribution in [0.15, 0.2) is 91.1 Å². The molecule has 0 aliphatic carbocycles. The fourth-order valence-corrected chi connectivity index (χ4v) is 3.71. The summed E-state index contributed by atoms with van der Waals surface area (Å²) in [5, 5.41) is 11.5. The van der Waals surface area contributed by atoms with E-state index < -0.39 is 0 Å². The van der Waals surface area contributed by atoms with Crippen LogP contribution < -0.4 is 0 Å². The summed E-state index contributed by atoms with van der Waals surface area (Å²) in [6, 6.07) is 31.1. The molecule has 0 fully saturated rings. The zero-order chi connectivity index (χ0) is 18.2. The number of benzene rings is 3. The molecule has 3 nitrogen and oxygen atoms in total. The lowest BCUT2D eigenvalue weighted by Crippen LogP contribution is -1.97. The SMILES string of the molecule is N#Cc1ccc(-c2ccccc2-n2c3ccccc3c3ccccc32)cn1. The maximum Gasteiger partial charge on any atom is 0.140 e. The normalized spacial score (nSPS) is 10.9. The Morgan fingerprint density at radius 1 is 0.704 bits per heavy atom. The van der Waals surface area contributed by atoms with E-state index in [1.165, 1.54) is 21.8 Å². The van der Waals surface area contributed by atoms with Crippen molar-refractivity contribution in [1.29, 1.82) is 5.26 Å². The highest BCUT2D eigenvalue weighted by Crippen LogP contribution is 2.35. The number of fused-ring (bicyclic) bond motifs is 3. The zero-order valence-electron chi connectivity index (χ0n) is 14.5. The molecule has 0 aliphatic heterocycles. The van der Waals surface area contributed by atoms with Crippen LogP contribution in [0.2, 0.25) is 0 Å². The number of para-hydroxylation sites is 3. The standard InChI is InChI=1S/C24H15N3/c25-15-18-14-13-17(16-26-18)19-7-1-4-10-22(19)27-23-11-5-2-8-20(23)21-9-3-6-12-24(21)27/h1-14,16H. The van der Waals surface area contributed by atoms with Crippen molar-refractivity contribution in [3.8, 4) is 22.9 Å². The van der Waals surface area contributed by atoms with E-state index in [-0.39, 0.29) is 0 Å². The summed E-state index contributed by atoms with van der Waals surface area (Å²) in [5.74, 6) is 0. The molecule has 0 unspecified atom stereocenters. The Balaban J connectivity index is 1.85. The van der Waals surface area contributed by atoms with Crippen molar-refractivity contribution >= 4 is 21.8 Å². The van der Waals surface area contributed by atoms with Gasteiger partial charge in [-0.25, -0.2) is 4.98 Å². The van der Waals surface area contributed by atoms with E-state index >= 15 is 0 Å². The molecule has 0 radical (unpaired) electrons. The first kappa shape index (κ1) is 15.4. The monoisotopic (exact) mass is 345 g/mol. The number of hydrogen-bond acceptors (Lipinski definition) is 2. The lowest BCUT2D eigenvalue weighted by molar-refractivity contribution is 1.18. The third-order valence-electron chi connectivity index (χ3n) is 4.91. The van der Waals surface area contributed by atoms with Gasteiger partial charge in [-0.1, -0.05) is 54.6 Å². The predicted octanol–water partition coefficient (Wildman–Crippen LogP) is 5.72. The van der Waals surface area contributed by atoms with Gasteiger partial charge in [-0.05, 0) is 30.3 Å². The number of hydrogen-bond donors (Lipinski definition) is 0. The molecule has 0 saturated carbocycles. The Bertz CT molecular complexity index is 1270. The van der Waals surface area contributed by atoms with Crippen molar-refractivity contribution in [1.82, 2.24) is 9.55 Å². The number of pyridine rings is 1. The smallest absolute Gasteiger partial charge is 0.140 e. The average molecular weight is 345 g/mol. The highest BCUT2D eigenvalue weighted by molar-refractivity contribution is 6.09. The summed E-state index contributed by atoms with van der Waals surface area (Å²) in [6.07, 6.45) is 1.77. The van der Waals surface area contributed by atoms with Crippen molar-refractivity contribution in [3.05, 3.63) is 96.8 Å². The fraction of sp³-hybridized carbons (Fsp3) is 0. The van der Waals surface area contributed by atoms with E-state index in [0.717, 1.165) is 16.8 Å². The van der Waals surface area contributed by atoms with Gasteiger partial charge < -0.3 is 4.57 Å². The van der Waals surface area contributed by atoms with Crippen molar-refractivity contribution in [2.24, 2.45) is 0 Å². The fourth-order valence-electron chi connectivity index (χ4n) is 3.71. The Morgan fingerprint density at radius 3 is 1.96 bits per heavy atom. The molecule has 0 aliphatic rings. The van der Waals surface area contributed by atoms with Gasteiger partial charge in [0.15, 0.2) is 0 Å². The van der Waals surface area contributed by atoms with Crippen LogP contribution in [-0.4, -0.2) is 9.55 Å². The van der Waals surface area contributed by atoms with Crippen molar-refractivity contribution in [2.45, 2.75) is 0 Å². The molecule has 0 saturated heterocycles. The quantitative estimate of drug-likeness (QED) is 0.411. The number of aromatic nitrogens is 2. The third kappa shape index (κ3) is 2.39. The second-order valence-electron chi connectivity index (χ2n) is 6.43. The maximum atomic E-state index is 9.02. The minimum atomic E-state index is 0.424. The van der Waals surface area contributed by atoms with E-state index in [4.69, 9.17) is 5.26 Å². The summed E-state index contributed by atoms with van der Waals surface area (Å²) >= 11 is 0. The third-order valence-corrected chi connectivity index (χ3v) is 4.91. The van der Waals surface area contributed by atoms with E-state index in [1.807, 2.05) is 12.1 Å². The first-order valence-electron chi connectivity index (χ1n) is 8.81. The second-order valence-corrected chi connectivity index (χ2v) is 6.43. The Labute approximate surface area is 156 Å². The zero-order valence-corrected chi connectivity index (χ0v) is 14.5. The van der Waals surface area contributed by atoms with E-state index in [1.54, 1.807) is 12.3 Å². The number of nitriles is 1. The molecule has 2 heterocycles. The lowest BCUT2D eigenvalue weighted by atomic mass is 10.0. The van der Waals surface area contributed by atoms with Gasteiger partial charge in [0, 0.05) is 28.1 Å². The van der Waals surface area contributed by atoms with Gasteiger partial charge in [0.2, 0.25) is 0 Å². The second kappa shape index (κ2) is 6.12. The van der Waals surface area contributed by atoms with E-state index in [0.29, 0.717) is 5.69 Å². The highest BCUT2D eigenvalue weighted by Gasteiger charge is 2.14. The van der Waals surface area contributed by atoms with Gasteiger partial charge >= 0.3 is 0 Å². The lowest BCUT2D eigenvalue weighted by Gasteiger charge is -2.13. The summed E-state index contributed by atoms with van der Waals surface area (Å²) in [6.45, 7) is 0. The van der Waals surface area contributed by atoms with Gasteiger partial charge in [0.1, 0.15) is 11.8 Å². The van der Waals surface area contributed by atoms with Gasteiger partial charge in [-0.15, -0.1) is 0 Å². The van der Waals surface area contributed by atoms with Gasteiger partial charge in [-0.2, -0.15) is 5.26 Å². The minimum Gasteiger partial charge on any atom is -0.309 e. The molecule has 126 valence electrons. The van der Waals surface area contributed by atoms with Crippen molar-refractivity contribution in [3.63, 3.8) is 0 Å². The van der Waals surface area contributed by atoms with E-state index in [9.17, 15) is 0 Å². The molecule has 0 N–H and O–H groups in total. The predicted molar refractivity (Wildman–Crippen MR) is 109 cm³/mol. The van der Waals surface area contributed by atoms with Crippen LogP contribution in [0.1, 0.15) is 5.69 Å². The number of nitrogens with zero attached hydrogens (tertiary/aromatic N) is 3. The molecule has 0 amide bonds. The summed E-state index contributed by atoms with van der Waals surface area (Å²) in [5.41, 5.74) is 5.95. The molecule has 5 aromatic rings. The summed E-state index contributed by atoms with van der Waals surface area (Å²) in [4.78, 5) is 4.25. The first-order valence-corrected chi connectivity index (χ1v) is 8.81. The Hall–Kier alpha value is -3.90. The van der Waals surface area contributed by atoms with Gasteiger partial charge in [0.05, 0.1) is 16.7 Å². The molecule has 0 atom stereocenters. The van der Waals surface area contributed by atoms with Crippen molar-refractivity contribution in [2.75, 3.05) is 0 Å². The Kier molecular flexibility index (Phi) is 3.48. The molecule has 27 heavy (non-hydrogen) atoms. The van der Waals surface area contributed by atoms with Gasteiger partial charge in [0.25, 0.3) is 0 Å². The van der Waals surface area contributed by atoms with Crippen LogP contribution in [0.4, 0.5) is 0 Å². The molecule has 2 aromatic heterocycles. The minimum absolute atomic E-state index is 0.424. The largest absolute Gasteiger partial charge is 0.309 e. The average Bonchev–Trinajstić information content (AvgIpc) is 3.08. The van der Waals surface area contributed by atoms with Crippen molar-refractivity contribution < 1.29 is 0 Å². The molecular formula is C24H15N3. The van der Waals surface area contributed by atoms with Gasteiger partial charge in [-0.3, -0.25) is 0 Å². The first-order chi connectivity index (χ1) is 13.4. The molecule has 0 spiro atoms. The molecule has 3 aromatic carbocycles. The molecule has 3 heteroatoms.